The van der Waals surface area contributed by atoms with Gasteiger partial charge in [-0.25, -0.2) is 4.79 Å². The first-order chi connectivity index (χ1) is 9.90. The lowest BCUT2D eigenvalue weighted by Crippen LogP contribution is -2.47. The van der Waals surface area contributed by atoms with E-state index >= 15 is 0 Å². The summed E-state index contributed by atoms with van der Waals surface area (Å²) >= 11 is 5.87. The summed E-state index contributed by atoms with van der Waals surface area (Å²) in [6.07, 6.45) is -0.0670. The van der Waals surface area contributed by atoms with Crippen molar-refractivity contribution in [3.8, 4) is 5.75 Å². The molecule has 3 atom stereocenters. The van der Waals surface area contributed by atoms with E-state index in [1.165, 1.54) is 4.90 Å². The fourth-order valence-electron chi connectivity index (χ4n) is 2.60. The van der Waals surface area contributed by atoms with Crippen molar-refractivity contribution in [3.05, 3.63) is 29.3 Å². The van der Waals surface area contributed by atoms with Crippen molar-refractivity contribution in [2.24, 2.45) is 5.92 Å². The maximum Gasteiger partial charge on any atom is 0.326 e. The van der Waals surface area contributed by atoms with E-state index in [-0.39, 0.29) is 11.8 Å². The summed E-state index contributed by atoms with van der Waals surface area (Å²) in [5.74, 6) is -0.845. The Bertz CT molecular complexity index is 548. The van der Waals surface area contributed by atoms with E-state index in [2.05, 4.69) is 0 Å². The largest absolute Gasteiger partial charge is 0.481 e. The third kappa shape index (κ3) is 3.47. The van der Waals surface area contributed by atoms with E-state index in [4.69, 9.17) is 16.3 Å². The second-order valence-corrected chi connectivity index (χ2v) is 5.73. The molecule has 0 radical (unpaired) electrons. The van der Waals surface area contributed by atoms with Crippen molar-refractivity contribution >= 4 is 23.5 Å². The molecule has 3 unspecified atom stereocenters. The Hall–Kier alpha value is -1.75. The first-order valence-corrected chi connectivity index (χ1v) is 7.23. The number of carbonyl (C=O) groups excluding carboxylic acids is 1. The summed E-state index contributed by atoms with van der Waals surface area (Å²) in [7, 11) is 0. The van der Waals surface area contributed by atoms with Crippen LogP contribution in [0.5, 0.6) is 5.75 Å². The van der Waals surface area contributed by atoms with Crippen LogP contribution >= 0.6 is 11.6 Å². The topological polar surface area (TPSA) is 66.8 Å². The molecule has 1 aromatic rings. The molecule has 0 aliphatic carbocycles. The molecule has 5 nitrogen and oxygen atoms in total. The van der Waals surface area contributed by atoms with Crippen molar-refractivity contribution in [3.63, 3.8) is 0 Å². The molecular weight excluding hydrogens is 294 g/mol. The molecular formula is C15H18ClNO4. The number of halogens is 1. The first-order valence-electron chi connectivity index (χ1n) is 6.85. The van der Waals surface area contributed by atoms with Gasteiger partial charge >= 0.3 is 5.97 Å². The molecule has 1 heterocycles. The number of carboxylic acid groups (broad SMARTS) is 1. The Balaban J connectivity index is 2.07. The summed E-state index contributed by atoms with van der Waals surface area (Å²) < 4.78 is 5.56. The number of likely N-dealkylation sites (tertiary alicyclic amines) is 1. The van der Waals surface area contributed by atoms with Gasteiger partial charge in [-0.1, -0.05) is 24.6 Å². The van der Waals surface area contributed by atoms with E-state index < -0.39 is 18.1 Å². The van der Waals surface area contributed by atoms with Gasteiger partial charge in [-0.05, 0) is 37.5 Å². The summed E-state index contributed by atoms with van der Waals surface area (Å²) in [5.41, 5.74) is 0. The summed E-state index contributed by atoms with van der Waals surface area (Å²) in [6.45, 7) is 3.90. The van der Waals surface area contributed by atoms with Crippen LogP contribution in [-0.4, -0.2) is 40.6 Å². The third-order valence-corrected chi connectivity index (χ3v) is 3.93. The number of carbonyl (C=O) groups is 2. The lowest BCUT2D eigenvalue weighted by Gasteiger charge is -2.26. The highest BCUT2D eigenvalue weighted by Crippen LogP contribution is 2.26. The number of nitrogens with zero attached hydrogens (tertiary/aromatic N) is 1. The molecule has 0 bridgehead atoms. The number of ether oxygens (including phenoxy) is 1. The van der Waals surface area contributed by atoms with Crippen LogP contribution in [0.15, 0.2) is 24.3 Å². The molecule has 0 saturated carbocycles. The average molecular weight is 312 g/mol. The van der Waals surface area contributed by atoms with Crippen LogP contribution in [-0.2, 0) is 9.59 Å². The van der Waals surface area contributed by atoms with E-state index in [9.17, 15) is 14.7 Å². The van der Waals surface area contributed by atoms with Gasteiger partial charge in [0.2, 0.25) is 0 Å². The highest BCUT2D eigenvalue weighted by Gasteiger charge is 2.41. The molecule has 1 aliphatic rings. The molecule has 0 spiro atoms. The molecule has 0 aromatic heterocycles. The smallest absolute Gasteiger partial charge is 0.326 e. The Morgan fingerprint density at radius 3 is 2.81 bits per heavy atom. The minimum Gasteiger partial charge on any atom is -0.481 e. The van der Waals surface area contributed by atoms with E-state index in [1.807, 2.05) is 6.92 Å². The zero-order chi connectivity index (χ0) is 15.6. The highest BCUT2D eigenvalue weighted by atomic mass is 35.5. The van der Waals surface area contributed by atoms with Gasteiger partial charge in [0, 0.05) is 11.6 Å². The zero-order valence-electron chi connectivity index (χ0n) is 12.0. The van der Waals surface area contributed by atoms with Crippen LogP contribution < -0.4 is 4.74 Å². The second-order valence-electron chi connectivity index (χ2n) is 5.30. The van der Waals surface area contributed by atoms with Crippen molar-refractivity contribution in [2.75, 3.05) is 6.54 Å². The molecule has 1 fully saturated rings. The number of hydrogen-bond donors (Lipinski definition) is 1. The van der Waals surface area contributed by atoms with Gasteiger partial charge < -0.3 is 14.7 Å². The van der Waals surface area contributed by atoms with Crippen LogP contribution in [0.2, 0.25) is 5.02 Å². The maximum absolute atomic E-state index is 12.4. The lowest BCUT2D eigenvalue weighted by atomic mass is 10.0. The average Bonchev–Trinajstić information content (AvgIpc) is 2.79. The monoisotopic (exact) mass is 311 g/mol. The van der Waals surface area contributed by atoms with Crippen LogP contribution in [0.3, 0.4) is 0 Å². The Morgan fingerprint density at radius 2 is 2.19 bits per heavy atom. The van der Waals surface area contributed by atoms with Gasteiger partial charge in [-0.2, -0.15) is 0 Å². The quantitative estimate of drug-likeness (QED) is 0.927. The molecule has 114 valence electrons. The minimum absolute atomic E-state index is 0.0511. The Morgan fingerprint density at radius 1 is 1.48 bits per heavy atom. The number of aliphatic carboxylic acids is 1. The van der Waals surface area contributed by atoms with Crippen molar-refractivity contribution in [1.29, 1.82) is 0 Å². The predicted molar refractivity (Wildman–Crippen MR) is 78.5 cm³/mol. The molecule has 1 amide bonds. The fraction of sp³-hybridized carbons (Fsp3) is 0.467. The Labute approximate surface area is 128 Å². The van der Waals surface area contributed by atoms with Crippen LogP contribution in [0.4, 0.5) is 0 Å². The minimum atomic E-state index is -0.969. The van der Waals surface area contributed by atoms with Crippen LogP contribution in [0.1, 0.15) is 20.3 Å². The number of hydrogen-bond acceptors (Lipinski definition) is 3. The van der Waals surface area contributed by atoms with Gasteiger partial charge in [0.15, 0.2) is 6.10 Å². The highest BCUT2D eigenvalue weighted by molar-refractivity contribution is 6.30. The zero-order valence-corrected chi connectivity index (χ0v) is 12.7. The lowest BCUT2D eigenvalue weighted by molar-refractivity contribution is -0.152. The van der Waals surface area contributed by atoms with E-state index in [0.717, 1.165) is 0 Å². The van der Waals surface area contributed by atoms with Gasteiger partial charge in [0.05, 0.1) is 0 Å². The van der Waals surface area contributed by atoms with Crippen molar-refractivity contribution in [2.45, 2.75) is 32.4 Å². The second kappa shape index (κ2) is 6.35. The first kappa shape index (κ1) is 15.6. The molecule has 1 aliphatic heterocycles. The number of carboxylic acids is 1. The van der Waals surface area contributed by atoms with Gasteiger partial charge in [-0.15, -0.1) is 0 Å². The maximum atomic E-state index is 12.4. The molecule has 1 N–H and O–H groups in total. The molecule has 2 rings (SSSR count). The number of rotatable bonds is 4. The molecule has 1 aromatic carbocycles. The predicted octanol–water partition coefficient (Wildman–Crippen LogP) is 2.43. The molecule has 6 heteroatoms. The van der Waals surface area contributed by atoms with Gasteiger partial charge in [0.1, 0.15) is 11.8 Å². The van der Waals surface area contributed by atoms with Gasteiger partial charge in [0.25, 0.3) is 5.91 Å². The van der Waals surface area contributed by atoms with Crippen LogP contribution in [0.25, 0.3) is 0 Å². The Kier molecular flexibility index (Phi) is 4.73. The molecule has 21 heavy (non-hydrogen) atoms. The number of benzene rings is 1. The van der Waals surface area contributed by atoms with Crippen molar-refractivity contribution in [1.82, 2.24) is 4.90 Å². The van der Waals surface area contributed by atoms with Crippen LogP contribution in [0, 0.1) is 5.92 Å². The van der Waals surface area contributed by atoms with Crippen molar-refractivity contribution < 1.29 is 19.4 Å². The third-order valence-electron chi connectivity index (χ3n) is 3.69. The van der Waals surface area contributed by atoms with E-state index in [0.29, 0.717) is 23.7 Å². The fourth-order valence-corrected chi connectivity index (χ4v) is 2.78. The standard InChI is InChI=1S/C15H18ClNO4/c1-9-6-7-17(13(9)15(19)20)14(18)10(2)21-12-5-3-4-11(16)8-12/h3-5,8-10,13H,6-7H2,1-2H3,(H,19,20). The summed E-state index contributed by atoms with van der Waals surface area (Å²) in [4.78, 5) is 25.1. The number of amides is 1. The molecule has 1 saturated heterocycles. The summed E-state index contributed by atoms with van der Waals surface area (Å²) in [6, 6.07) is 5.99. The SMILES string of the molecule is CC(Oc1cccc(Cl)c1)C(=O)N1CCC(C)C1C(=O)O. The van der Waals surface area contributed by atoms with E-state index in [1.54, 1.807) is 31.2 Å². The normalized spacial score (nSPS) is 22.9. The summed E-state index contributed by atoms with van der Waals surface area (Å²) in [5, 5.41) is 9.78. The van der Waals surface area contributed by atoms with Gasteiger partial charge in [-0.3, -0.25) is 4.79 Å².